The molecule has 0 spiro atoms. The summed E-state index contributed by atoms with van der Waals surface area (Å²) in [6.45, 7) is 2.28. The average Bonchev–Trinajstić information content (AvgIpc) is 2.66. The van der Waals surface area contributed by atoms with Gasteiger partial charge in [0.15, 0.2) is 0 Å². The summed E-state index contributed by atoms with van der Waals surface area (Å²) in [5.41, 5.74) is 8.93. The molecule has 0 amide bonds. The van der Waals surface area contributed by atoms with Gasteiger partial charge in [-0.3, -0.25) is 5.10 Å². The van der Waals surface area contributed by atoms with Crippen LogP contribution in [0.4, 0.5) is 4.39 Å². The van der Waals surface area contributed by atoms with Gasteiger partial charge in [-0.05, 0) is 36.8 Å². The number of aryl methyl sites for hydroxylation is 1. The van der Waals surface area contributed by atoms with Crippen molar-refractivity contribution in [3.05, 3.63) is 41.3 Å². The molecular weight excluding hydrogens is 193 g/mol. The van der Waals surface area contributed by atoms with E-state index in [4.69, 9.17) is 5.73 Å². The van der Waals surface area contributed by atoms with Crippen LogP contribution in [0.15, 0.2) is 24.3 Å². The maximum atomic E-state index is 12.9. The second-order valence-corrected chi connectivity index (χ2v) is 3.44. The van der Waals surface area contributed by atoms with E-state index >= 15 is 0 Å². The summed E-state index contributed by atoms with van der Waals surface area (Å²) in [4.78, 5) is 0. The quantitative estimate of drug-likeness (QED) is 0.787. The van der Waals surface area contributed by atoms with Gasteiger partial charge in [-0.25, -0.2) is 4.39 Å². The number of nitrogens with one attached hydrogen (secondary N) is 1. The van der Waals surface area contributed by atoms with Crippen LogP contribution in [0.1, 0.15) is 11.3 Å². The number of hydrogen-bond acceptors (Lipinski definition) is 2. The zero-order chi connectivity index (χ0) is 10.8. The van der Waals surface area contributed by atoms with Gasteiger partial charge >= 0.3 is 0 Å². The molecule has 0 aliphatic carbocycles. The van der Waals surface area contributed by atoms with Crippen LogP contribution in [-0.4, -0.2) is 10.2 Å². The van der Waals surface area contributed by atoms with E-state index in [9.17, 15) is 4.39 Å². The standard InChI is InChI=1S/C11H12FN3/c1-7-4-8(12)2-3-10(7)11-5-9(6-13)14-15-11/h2-5H,6,13H2,1H3,(H,14,15). The molecule has 0 unspecified atom stereocenters. The summed E-state index contributed by atoms with van der Waals surface area (Å²) in [5.74, 6) is -0.231. The van der Waals surface area contributed by atoms with Crippen LogP contribution in [0, 0.1) is 12.7 Å². The summed E-state index contributed by atoms with van der Waals surface area (Å²) < 4.78 is 12.9. The Balaban J connectivity index is 2.44. The number of halogens is 1. The van der Waals surface area contributed by atoms with Gasteiger partial charge in [0.2, 0.25) is 0 Å². The number of aromatic nitrogens is 2. The van der Waals surface area contributed by atoms with Crippen molar-refractivity contribution < 1.29 is 4.39 Å². The summed E-state index contributed by atoms with van der Waals surface area (Å²) >= 11 is 0. The number of benzene rings is 1. The summed E-state index contributed by atoms with van der Waals surface area (Å²) in [6.07, 6.45) is 0. The molecule has 3 N–H and O–H groups in total. The summed E-state index contributed by atoms with van der Waals surface area (Å²) in [7, 11) is 0. The van der Waals surface area contributed by atoms with Crippen LogP contribution in [0.2, 0.25) is 0 Å². The van der Waals surface area contributed by atoms with Gasteiger partial charge in [0.1, 0.15) is 5.82 Å². The average molecular weight is 205 g/mol. The Hall–Kier alpha value is -1.68. The van der Waals surface area contributed by atoms with Crippen LogP contribution in [0.25, 0.3) is 11.3 Å². The monoisotopic (exact) mass is 205 g/mol. The molecule has 0 atom stereocenters. The largest absolute Gasteiger partial charge is 0.325 e. The molecule has 3 nitrogen and oxygen atoms in total. The first kappa shape index (κ1) is 9.86. The zero-order valence-corrected chi connectivity index (χ0v) is 8.42. The maximum absolute atomic E-state index is 12.9. The maximum Gasteiger partial charge on any atom is 0.123 e. The Kier molecular flexibility index (Phi) is 2.51. The van der Waals surface area contributed by atoms with Gasteiger partial charge < -0.3 is 5.73 Å². The molecule has 0 bridgehead atoms. The highest BCUT2D eigenvalue weighted by Crippen LogP contribution is 2.22. The van der Waals surface area contributed by atoms with Crippen molar-refractivity contribution in [1.29, 1.82) is 0 Å². The molecule has 78 valence electrons. The zero-order valence-electron chi connectivity index (χ0n) is 8.42. The molecule has 0 fully saturated rings. The lowest BCUT2D eigenvalue weighted by molar-refractivity contribution is 0.627. The lowest BCUT2D eigenvalue weighted by Gasteiger charge is -2.01. The Morgan fingerprint density at radius 1 is 1.40 bits per heavy atom. The Bertz CT molecular complexity index is 476. The predicted molar refractivity (Wildman–Crippen MR) is 56.6 cm³/mol. The third-order valence-corrected chi connectivity index (χ3v) is 2.32. The molecule has 1 aromatic heterocycles. The van der Waals surface area contributed by atoms with Crippen molar-refractivity contribution in [1.82, 2.24) is 10.2 Å². The van der Waals surface area contributed by atoms with Crippen molar-refractivity contribution >= 4 is 0 Å². The van der Waals surface area contributed by atoms with Crippen LogP contribution in [0.5, 0.6) is 0 Å². The minimum Gasteiger partial charge on any atom is -0.325 e. The molecule has 2 aromatic rings. The third-order valence-electron chi connectivity index (χ3n) is 2.32. The van der Waals surface area contributed by atoms with E-state index in [-0.39, 0.29) is 5.82 Å². The molecule has 0 radical (unpaired) electrons. The van der Waals surface area contributed by atoms with Gasteiger partial charge in [0.05, 0.1) is 5.69 Å². The predicted octanol–water partition coefficient (Wildman–Crippen LogP) is 1.98. The van der Waals surface area contributed by atoms with E-state index in [2.05, 4.69) is 10.2 Å². The summed E-state index contributed by atoms with van der Waals surface area (Å²) in [6, 6.07) is 6.52. The van der Waals surface area contributed by atoms with E-state index in [0.29, 0.717) is 6.54 Å². The van der Waals surface area contributed by atoms with Crippen molar-refractivity contribution in [3.8, 4) is 11.3 Å². The van der Waals surface area contributed by atoms with Crippen LogP contribution >= 0.6 is 0 Å². The van der Waals surface area contributed by atoms with Gasteiger partial charge in [-0.2, -0.15) is 5.10 Å². The Morgan fingerprint density at radius 2 is 2.20 bits per heavy atom. The topological polar surface area (TPSA) is 54.7 Å². The smallest absolute Gasteiger partial charge is 0.123 e. The first-order valence-electron chi connectivity index (χ1n) is 4.71. The second kappa shape index (κ2) is 3.82. The van der Waals surface area contributed by atoms with Gasteiger partial charge in [0, 0.05) is 17.8 Å². The highest BCUT2D eigenvalue weighted by Gasteiger charge is 2.06. The molecule has 1 aromatic carbocycles. The highest BCUT2D eigenvalue weighted by molar-refractivity contribution is 5.63. The number of rotatable bonds is 2. The number of nitrogens with two attached hydrogens (primary N) is 1. The van der Waals surface area contributed by atoms with Crippen molar-refractivity contribution in [2.45, 2.75) is 13.5 Å². The fourth-order valence-electron chi connectivity index (χ4n) is 1.52. The van der Waals surface area contributed by atoms with Crippen LogP contribution in [-0.2, 0) is 6.54 Å². The molecule has 4 heteroatoms. The molecule has 2 rings (SSSR count). The molecule has 0 aliphatic rings. The van der Waals surface area contributed by atoms with Gasteiger partial charge in [-0.1, -0.05) is 0 Å². The van der Waals surface area contributed by atoms with E-state index in [0.717, 1.165) is 22.5 Å². The fourth-order valence-corrected chi connectivity index (χ4v) is 1.52. The SMILES string of the molecule is Cc1cc(F)ccc1-c1cc(CN)[nH]n1. The summed E-state index contributed by atoms with van der Waals surface area (Å²) in [5, 5.41) is 6.95. The van der Waals surface area contributed by atoms with Crippen molar-refractivity contribution in [3.63, 3.8) is 0 Å². The first-order valence-corrected chi connectivity index (χ1v) is 4.71. The van der Waals surface area contributed by atoms with E-state index in [1.54, 1.807) is 6.07 Å². The molecule has 0 saturated carbocycles. The normalized spacial score (nSPS) is 10.6. The molecule has 0 aliphatic heterocycles. The minimum atomic E-state index is -0.231. The van der Waals surface area contributed by atoms with E-state index < -0.39 is 0 Å². The second-order valence-electron chi connectivity index (χ2n) is 3.44. The van der Waals surface area contributed by atoms with E-state index in [1.807, 2.05) is 13.0 Å². The molecule has 15 heavy (non-hydrogen) atoms. The number of aromatic amines is 1. The molecule has 0 saturated heterocycles. The van der Waals surface area contributed by atoms with Crippen molar-refractivity contribution in [2.24, 2.45) is 5.73 Å². The Morgan fingerprint density at radius 3 is 2.80 bits per heavy atom. The number of H-pyrrole nitrogens is 1. The minimum absolute atomic E-state index is 0.231. The third kappa shape index (κ3) is 1.89. The number of hydrogen-bond donors (Lipinski definition) is 2. The highest BCUT2D eigenvalue weighted by atomic mass is 19.1. The van der Waals surface area contributed by atoms with Crippen molar-refractivity contribution in [2.75, 3.05) is 0 Å². The van der Waals surface area contributed by atoms with Crippen LogP contribution in [0.3, 0.4) is 0 Å². The lowest BCUT2D eigenvalue weighted by Crippen LogP contribution is -1.95. The van der Waals surface area contributed by atoms with E-state index in [1.165, 1.54) is 12.1 Å². The molecular formula is C11H12FN3. The van der Waals surface area contributed by atoms with Gasteiger partial charge in [0.25, 0.3) is 0 Å². The lowest BCUT2D eigenvalue weighted by atomic mass is 10.1. The van der Waals surface area contributed by atoms with Gasteiger partial charge in [-0.15, -0.1) is 0 Å². The van der Waals surface area contributed by atoms with Crippen LogP contribution < -0.4 is 5.73 Å². The first-order chi connectivity index (χ1) is 7.20. The Labute approximate surface area is 87.1 Å². The fraction of sp³-hybridized carbons (Fsp3) is 0.182. The molecule has 1 heterocycles. The number of nitrogens with zero attached hydrogens (tertiary/aromatic N) is 1.